The molecule has 0 amide bonds. The number of nitrogens with one attached hydrogen (secondary N) is 1. The molecule has 92 valence electrons. The van der Waals surface area contributed by atoms with Gasteiger partial charge in [0, 0.05) is 22.6 Å². The van der Waals surface area contributed by atoms with Crippen molar-refractivity contribution >= 4 is 21.9 Å². The topological polar surface area (TPSA) is 49.3 Å². The molecule has 1 heterocycles. The van der Waals surface area contributed by atoms with Gasteiger partial charge in [-0.1, -0.05) is 22.0 Å². The van der Waals surface area contributed by atoms with Crippen LogP contribution >= 0.6 is 15.9 Å². The summed E-state index contributed by atoms with van der Waals surface area (Å²) in [6, 6.07) is 3.29. The normalized spacial score (nSPS) is 23.9. The maximum Gasteiger partial charge on any atom is 0.307 e. The second kappa shape index (κ2) is 4.74. The van der Waals surface area contributed by atoms with E-state index < -0.39 is 11.9 Å². The predicted molar refractivity (Wildman–Crippen MR) is 65.3 cm³/mol. The summed E-state index contributed by atoms with van der Waals surface area (Å²) in [5, 5.41) is 12.0. The molecule has 0 spiro atoms. The largest absolute Gasteiger partial charge is 0.481 e. The van der Waals surface area contributed by atoms with Gasteiger partial charge in [0.1, 0.15) is 5.82 Å². The van der Waals surface area contributed by atoms with Crippen LogP contribution in [0.15, 0.2) is 16.6 Å². The summed E-state index contributed by atoms with van der Waals surface area (Å²) in [5.74, 6) is -1.51. The Morgan fingerprint density at radius 1 is 1.59 bits per heavy atom. The lowest BCUT2D eigenvalue weighted by atomic mass is 9.98. The van der Waals surface area contributed by atoms with Crippen LogP contribution in [0.3, 0.4) is 0 Å². The van der Waals surface area contributed by atoms with Gasteiger partial charge in [0.15, 0.2) is 0 Å². The van der Waals surface area contributed by atoms with Crippen LogP contribution in [0.1, 0.15) is 23.6 Å². The first-order valence-electron chi connectivity index (χ1n) is 5.41. The molecule has 0 saturated carbocycles. The molecule has 5 heteroatoms. The minimum absolute atomic E-state index is 0.206. The number of benzene rings is 1. The van der Waals surface area contributed by atoms with E-state index in [0.29, 0.717) is 24.1 Å². The number of carbonyl (C=O) groups is 1. The van der Waals surface area contributed by atoms with Gasteiger partial charge in [-0.15, -0.1) is 0 Å². The second-order valence-corrected chi connectivity index (χ2v) is 5.16. The number of carboxylic acid groups (broad SMARTS) is 1. The van der Waals surface area contributed by atoms with E-state index in [1.165, 1.54) is 0 Å². The molecular formula is C12H13BrFNO2. The predicted octanol–water partition coefficient (Wildman–Crippen LogP) is 2.63. The van der Waals surface area contributed by atoms with Crippen molar-refractivity contribution in [2.45, 2.75) is 19.4 Å². The lowest BCUT2D eigenvalue weighted by molar-refractivity contribution is -0.141. The Hall–Kier alpha value is -0.940. The average molecular weight is 302 g/mol. The SMILES string of the molecule is Cc1c(Br)ccc(C2CC(C(=O)O)CN2)c1F. The van der Waals surface area contributed by atoms with Gasteiger partial charge in [0.25, 0.3) is 0 Å². The molecule has 1 fully saturated rings. The summed E-state index contributed by atoms with van der Waals surface area (Å²) >= 11 is 3.27. The van der Waals surface area contributed by atoms with Crippen LogP contribution in [-0.4, -0.2) is 17.6 Å². The number of aliphatic carboxylic acids is 1. The van der Waals surface area contributed by atoms with Crippen LogP contribution in [0.4, 0.5) is 4.39 Å². The van der Waals surface area contributed by atoms with Crippen molar-refractivity contribution in [2.75, 3.05) is 6.54 Å². The van der Waals surface area contributed by atoms with Crippen LogP contribution in [0.25, 0.3) is 0 Å². The van der Waals surface area contributed by atoms with E-state index in [1.54, 1.807) is 19.1 Å². The van der Waals surface area contributed by atoms with Crippen LogP contribution in [0.2, 0.25) is 0 Å². The summed E-state index contributed by atoms with van der Waals surface area (Å²) in [6.07, 6.45) is 0.438. The molecule has 0 radical (unpaired) electrons. The van der Waals surface area contributed by atoms with E-state index in [-0.39, 0.29) is 11.9 Å². The molecule has 1 aliphatic heterocycles. The monoisotopic (exact) mass is 301 g/mol. The van der Waals surface area contributed by atoms with Gasteiger partial charge in [-0.05, 0) is 25.0 Å². The van der Waals surface area contributed by atoms with Crippen molar-refractivity contribution in [2.24, 2.45) is 5.92 Å². The summed E-state index contributed by atoms with van der Waals surface area (Å²) < 4.78 is 14.8. The third kappa shape index (κ3) is 2.35. The minimum atomic E-state index is -0.825. The smallest absolute Gasteiger partial charge is 0.307 e. The molecule has 1 saturated heterocycles. The number of rotatable bonds is 2. The third-order valence-electron chi connectivity index (χ3n) is 3.21. The van der Waals surface area contributed by atoms with Crippen LogP contribution in [0.5, 0.6) is 0 Å². The van der Waals surface area contributed by atoms with Crippen molar-refractivity contribution in [3.05, 3.63) is 33.5 Å². The maximum atomic E-state index is 14.0. The van der Waals surface area contributed by atoms with E-state index in [1.807, 2.05) is 0 Å². The lowest BCUT2D eigenvalue weighted by Crippen LogP contribution is -2.17. The Balaban J connectivity index is 2.25. The van der Waals surface area contributed by atoms with Crippen molar-refractivity contribution < 1.29 is 14.3 Å². The first-order chi connectivity index (χ1) is 8.00. The average Bonchev–Trinajstić information content (AvgIpc) is 2.75. The molecule has 2 unspecified atom stereocenters. The van der Waals surface area contributed by atoms with Gasteiger partial charge in [0.05, 0.1) is 5.92 Å². The van der Waals surface area contributed by atoms with Gasteiger partial charge in [-0.3, -0.25) is 4.79 Å². The Morgan fingerprint density at radius 2 is 2.29 bits per heavy atom. The lowest BCUT2D eigenvalue weighted by Gasteiger charge is -2.14. The summed E-state index contributed by atoms with van der Waals surface area (Å²) in [4.78, 5) is 10.8. The zero-order valence-corrected chi connectivity index (χ0v) is 10.9. The number of carboxylic acids is 1. The fourth-order valence-electron chi connectivity index (χ4n) is 2.11. The van der Waals surface area contributed by atoms with Gasteiger partial charge < -0.3 is 10.4 Å². The standard InChI is InChI=1S/C12H13BrFNO2/c1-6-9(13)3-2-8(11(6)14)10-4-7(5-15-10)12(16)17/h2-3,7,10,15H,4-5H2,1H3,(H,16,17). The van der Waals surface area contributed by atoms with Crippen LogP contribution in [0, 0.1) is 18.7 Å². The molecule has 0 aliphatic carbocycles. The van der Waals surface area contributed by atoms with E-state index in [0.717, 1.165) is 4.47 Å². The fourth-order valence-corrected chi connectivity index (χ4v) is 2.42. The molecule has 3 nitrogen and oxygen atoms in total. The summed E-state index contributed by atoms with van der Waals surface area (Å²) in [7, 11) is 0. The summed E-state index contributed by atoms with van der Waals surface area (Å²) in [6.45, 7) is 2.10. The molecular weight excluding hydrogens is 289 g/mol. The highest BCUT2D eigenvalue weighted by Gasteiger charge is 2.31. The molecule has 17 heavy (non-hydrogen) atoms. The second-order valence-electron chi connectivity index (χ2n) is 4.31. The highest BCUT2D eigenvalue weighted by molar-refractivity contribution is 9.10. The first-order valence-corrected chi connectivity index (χ1v) is 6.20. The van der Waals surface area contributed by atoms with E-state index in [2.05, 4.69) is 21.2 Å². The van der Waals surface area contributed by atoms with Crippen molar-refractivity contribution in [1.29, 1.82) is 0 Å². The molecule has 1 aromatic carbocycles. The Labute approximate surface area is 107 Å². The molecule has 0 bridgehead atoms. The third-order valence-corrected chi connectivity index (χ3v) is 4.06. The highest BCUT2D eigenvalue weighted by atomic mass is 79.9. The molecule has 2 atom stereocenters. The van der Waals surface area contributed by atoms with Crippen LogP contribution < -0.4 is 5.32 Å². The molecule has 1 aromatic rings. The minimum Gasteiger partial charge on any atom is -0.481 e. The molecule has 2 rings (SSSR count). The van der Waals surface area contributed by atoms with Gasteiger partial charge in [-0.25, -0.2) is 4.39 Å². The zero-order chi connectivity index (χ0) is 12.6. The quantitative estimate of drug-likeness (QED) is 0.883. The van der Waals surface area contributed by atoms with Gasteiger partial charge >= 0.3 is 5.97 Å². The Morgan fingerprint density at radius 3 is 2.88 bits per heavy atom. The number of hydrogen-bond acceptors (Lipinski definition) is 2. The first kappa shape index (κ1) is 12.5. The van der Waals surface area contributed by atoms with Crippen LogP contribution in [-0.2, 0) is 4.79 Å². The summed E-state index contributed by atoms with van der Waals surface area (Å²) in [5.41, 5.74) is 1.11. The zero-order valence-electron chi connectivity index (χ0n) is 9.34. The van der Waals surface area contributed by atoms with E-state index in [4.69, 9.17) is 5.11 Å². The molecule has 0 aromatic heterocycles. The maximum absolute atomic E-state index is 14.0. The number of hydrogen-bond donors (Lipinski definition) is 2. The van der Waals surface area contributed by atoms with E-state index >= 15 is 0 Å². The van der Waals surface area contributed by atoms with Crippen molar-refractivity contribution in [3.8, 4) is 0 Å². The fraction of sp³-hybridized carbons (Fsp3) is 0.417. The van der Waals surface area contributed by atoms with E-state index in [9.17, 15) is 9.18 Å². The highest BCUT2D eigenvalue weighted by Crippen LogP contribution is 2.32. The molecule has 2 N–H and O–H groups in total. The van der Waals surface area contributed by atoms with Gasteiger partial charge in [-0.2, -0.15) is 0 Å². The van der Waals surface area contributed by atoms with Crippen molar-refractivity contribution in [1.82, 2.24) is 5.32 Å². The Kier molecular flexibility index (Phi) is 3.49. The number of halogens is 2. The van der Waals surface area contributed by atoms with Gasteiger partial charge in [0.2, 0.25) is 0 Å². The Bertz CT molecular complexity index is 464. The van der Waals surface area contributed by atoms with Crippen molar-refractivity contribution in [3.63, 3.8) is 0 Å². The molecule has 1 aliphatic rings.